The zero-order chi connectivity index (χ0) is 19.3. The molecule has 0 atom stereocenters. The highest BCUT2D eigenvalue weighted by atomic mass is 16.5. The van der Waals surface area contributed by atoms with Gasteiger partial charge in [0.1, 0.15) is 11.3 Å². The number of rotatable bonds is 1. The number of fused-ring (bicyclic) bond motifs is 3. The number of aromatic nitrogens is 2. The third kappa shape index (κ3) is 2.60. The van der Waals surface area contributed by atoms with Gasteiger partial charge < -0.3 is 9.47 Å². The zero-order valence-corrected chi connectivity index (χ0v) is 15.7. The molecule has 2 aromatic heterocycles. The van der Waals surface area contributed by atoms with Gasteiger partial charge in [-0.25, -0.2) is 14.8 Å². The highest BCUT2D eigenvalue weighted by Gasteiger charge is 2.33. The van der Waals surface area contributed by atoms with Crippen LogP contribution < -0.4 is 14.4 Å². The molecule has 0 aliphatic carbocycles. The molecule has 6 nitrogen and oxygen atoms in total. The Hall–Kier alpha value is -3.41. The summed E-state index contributed by atoms with van der Waals surface area (Å²) in [5, 5.41) is 0. The van der Waals surface area contributed by atoms with Crippen LogP contribution in [0.1, 0.15) is 33.5 Å². The Kier molecular flexibility index (Phi) is 3.79. The summed E-state index contributed by atoms with van der Waals surface area (Å²) in [6, 6.07) is 9.66. The Morgan fingerprint density at radius 3 is 2.68 bits per heavy atom. The van der Waals surface area contributed by atoms with E-state index in [4.69, 9.17) is 9.47 Å². The van der Waals surface area contributed by atoms with Crippen LogP contribution in [0.3, 0.4) is 0 Å². The van der Waals surface area contributed by atoms with Crippen molar-refractivity contribution in [3.8, 4) is 11.5 Å². The zero-order valence-electron chi connectivity index (χ0n) is 15.7. The summed E-state index contributed by atoms with van der Waals surface area (Å²) in [4.78, 5) is 23.9. The van der Waals surface area contributed by atoms with Crippen LogP contribution in [0, 0.1) is 13.8 Å². The van der Waals surface area contributed by atoms with E-state index in [1.54, 1.807) is 18.5 Å². The fourth-order valence-corrected chi connectivity index (χ4v) is 3.70. The van der Waals surface area contributed by atoms with Gasteiger partial charge in [-0.15, -0.1) is 0 Å². The molecule has 0 amide bonds. The van der Waals surface area contributed by atoms with Crippen LogP contribution in [-0.2, 0) is 6.42 Å². The Labute approximate surface area is 162 Å². The van der Waals surface area contributed by atoms with E-state index in [-0.39, 0.29) is 0 Å². The highest BCUT2D eigenvalue weighted by molar-refractivity contribution is 6.01. The molecular formula is C22H19N3O3. The summed E-state index contributed by atoms with van der Waals surface area (Å²) in [5.41, 5.74) is 4.15. The third-order valence-electron chi connectivity index (χ3n) is 4.97. The van der Waals surface area contributed by atoms with Crippen molar-refractivity contribution in [2.75, 3.05) is 11.5 Å². The normalized spacial score (nSPS) is 14.9. The topological polar surface area (TPSA) is 64.5 Å². The maximum absolute atomic E-state index is 12.8. The number of benzene rings is 1. The number of hydrogen-bond donors (Lipinski definition) is 0. The highest BCUT2D eigenvalue weighted by Crippen LogP contribution is 2.47. The van der Waals surface area contributed by atoms with Crippen LogP contribution in [0.2, 0.25) is 0 Å². The summed E-state index contributed by atoms with van der Waals surface area (Å²) in [6.45, 7) is 4.48. The van der Waals surface area contributed by atoms with E-state index in [0.717, 1.165) is 41.0 Å². The Morgan fingerprint density at radius 2 is 1.82 bits per heavy atom. The third-order valence-corrected chi connectivity index (χ3v) is 4.97. The van der Waals surface area contributed by atoms with Crippen LogP contribution in [0.5, 0.6) is 11.5 Å². The summed E-state index contributed by atoms with van der Waals surface area (Å²) in [6.07, 6.45) is 5.44. The van der Waals surface area contributed by atoms with Gasteiger partial charge in [0.05, 0.1) is 12.3 Å². The summed E-state index contributed by atoms with van der Waals surface area (Å²) in [5.74, 6) is 1.80. The molecule has 0 N–H and O–H groups in total. The fraction of sp³-hybridized carbons (Fsp3) is 0.227. The molecule has 0 saturated carbocycles. The average Bonchev–Trinajstić information content (AvgIpc) is 2.81. The lowest BCUT2D eigenvalue weighted by atomic mass is 10.0. The Bertz CT molecular complexity index is 1110. The number of para-hydroxylation sites is 1. The Balaban J connectivity index is 1.82. The quantitative estimate of drug-likeness (QED) is 0.588. The van der Waals surface area contributed by atoms with Crippen molar-refractivity contribution in [2.45, 2.75) is 26.7 Å². The number of anilines is 3. The molecule has 2 aliphatic rings. The molecule has 0 bridgehead atoms. The largest absolute Gasteiger partial charge is 0.491 e. The van der Waals surface area contributed by atoms with Gasteiger partial charge in [0, 0.05) is 12.4 Å². The van der Waals surface area contributed by atoms with Crippen LogP contribution in [0.15, 0.2) is 42.7 Å². The second-order valence-electron chi connectivity index (χ2n) is 7.16. The molecule has 0 radical (unpaired) electrons. The van der Waals surface area contributed by atoms with Gasteiger partial charge in [0.2, 0.25) is 0 Å². The molecule has 0 spiro atoms. The van der Waals surface area contributed by atoms with E-state index >= 15 is 0 Å². The lowest BCUT2D eigenvalue weighted by molar-refractivity contribution is 0.0738. The molecule has 0 fully saturated rings. The average molecular weight is 373 g/mol. The van der Waals surface area contributed by atoms with Gasteiger partial charge in [-0.2, -0.15) is 0 Å². The SMILES string of the molecule is Cc1cnc2c(c1)OC(=O)c1cc(C)cnc1N2c1cccc2c1OCCC2. The van der Waals surface area contributed by atoms with E-state index in [1.165, 1.54) is 0 Å². The van der Waals surface area contributed by atoms with Gasteiger partial charge >= 0.3 is 5.97 Å². The molecule has 4 heterocycles. The molecule has 0 unspecified atom stereocenters. The van der Waals surface area contributed by atoms with Crippen LogP contribution in [0.25, 0.3) is 0 Å². The number of carbonyl (C=O) groups is 1. The maximum atomic E-state index is 12.8. The van der Waals surface area contributed by atoms with Gasteiger partial charge in [-0.3, -0.25) is 4.90 Å². The van der Waals surface area contributed by atoms with E-state index in [1.807, 2.05) is 36.9 Å². The molecule has 6 heteroatoms. The molecule has 140 valence electrons. The Morgan fingerprint density at radius 1 is 1.04 bits per heavy atom. The van der Waals surface area contributed by atoms with Crippen LogP contribution in [-0.4, -0.2) is 22.5 Å². The van der Waals surface area contributed by atoms with Crippen molar-refractivity contribution < 1.29 is 14.3 Å². The number of pyridine rings is 2. The summed E-state index contributed by atoms with van der Waals surface area (Å²) >= 11 is 0. The maximum Gasteiger partial charge on any atom is 0.347 e. The smallest absolute Gasteiger partial charge is 0.347 e. The minimum atomic E-state index is -0.437. The van der Waals surface area contributed by atoms with Gasteiger partial charge in [-0.1, -0.05) is 12.1 Å². The first-order valence-corrected chi connectivity index (χ1v) is 9.32. The first kappa shape index (κ1) is 16.7. The van der Waals surface area contributed by atoms with Crippen molar-refractivity contribution in [1.82, 2.24) is 9.97 Å². The van der Waals surface area contributed by atoms with Crippen molar-refractivity contribution >= 4 is 23.3 Å². The van der Waals surface area contributed by atoms with E-state index in [0.29, 0.717) is 29.6 Å². The molecule has 5 rings (SSSR count). The molecule has 2 aliphatic heterocycles. The van der Waals surface area contributed by atoms with Crippen molar-refractivity contribution in [2.24, 2.45) is 0 Å². The lowest BCUT2D eigenvalue weighted by Crippen LogP contribution is -2.18. The lowest BCUT2D eigenvalue weighted by Gasteiger charge is -2.28. The second-order valence-corrected chi connectivity index (χ2v) is 7.16. The van der Waals surface area contributed by atoms with E-state index in [9.17, 15) is 4.79 Å². The van der Waals surface area contributed by atoms with Crippen molar-refractivity contribution in [3.63, 3.8) is 0 Å². The number of nitrogens with zero attached hydrogens (tertiary/aromatic N) is 3. The van der Waals surface area contributed by atoms with Gasteiger partial charge in [0.25, 0.3) is 0 Å². The van der Waals surface area contributed by atoms with Gasteiger partial charge in [-0.05, 0) is 61.6 Å². The van der Waals surface area contributed by atoms with Crippen molar-refractivity contribution in [1.29, 1.82) is 0 Å². The number of aryl methyl sites for hydroxylation is 3. The minimum absolute atomic E-state index is 0.407. The predicted octanol–water partition coefficient (Wildman–Crippen LogP) is 4.42. The molecule has 0 saturated heterocycles. The van der Waals surface area contributed by atoms with E-state index in [2.05, 4.69) is 16.0 Å². The number of ether oxygens (including phenoxy) is 2. The number of hydrogen-bond acceptors (Lipinski definition) is 6. The summed E-state index contributed by atoms with van der Waals surface area (Å²) < 4.78 is 11.7. The number of carbonyl (C=O) groups excluding carboxylic acids is 1. The van der Waals surface area contributed by atoms with E-state index < -0.39 is 5.97 Å². The fourth-order valence-electron chi connectivity index (χ4n) is 3.70. The predicted molar refractivity (Wildman–Crippen MR) is 105 cm³/mol. The van der Waals surface area contributed by atoms with Crippen LogP contribution >= 0.6 is 0 Å². The second kappa shape index (κ2) is 6.34. The molecule has 1 aromatic carbocycles. The summed E-state index contributed by atoms with van der Waals surface area (Å²) in [7, 11) is 0. The molecular weight excluding hydrogens is 354 g/mol. The minimum Gasteiger partial charge on any atom is -0.491 e. The first-order chi connectivity index (χ1) is 13.6. The monoisotopic (exact) mass is 373 g/mol. The number of esters is 1. The molecule has 3 aromatic rings. The standard InChI is InChI=1S/C22H19N3O3/c1-13-9-16-20(23-11-13)25(17-7-3-5-15-6-4-8-27-19(15)17)21-18(28-22(16)26)10-14(2)12-24-21/h3,5,7,9-12H,4,6,8H2,1-2H3. The first-order valence-electron chi connectivity index (χ1n) is 9.32. The molecule has 28 heavy (non-hydrogen) atoms. The van der Waals surface area contributed by atoms with Gasteiger partial charge in [0.15, 0.2) is 17.4 Å². The van der Waals surface area contributed by atoms with Crippen molar-refractivity contribution in [3.05, 3.63) is 65.0 Å². The van der Waals surface area contributed by atoms with Crippen LogP contribution in [0.4, 0.5) is 17.3 Å².